The summed E-state index contributed by atoms with van der Waals surface area (Å²) in [4.78, 5) is 6.47. The lowest BCUT2D eigenvalue weighted by Crippen LogP contribution is -2.29. The summed E-state index contributed by atoms with van der Waals surface area (Å²) in [6.07, 6.45) is 3.25. The number of aliphatic imine (C=N–C) groups is 1. The molecule has 2 aromatic carbocycles. The lowest BCUT2D eigenvalue weighted by molar-refractivity contribution is 0.281. The molecule has 0 saturated carbocycles. The average molecular weight is 407 g/mol. The van der Waals surface area contributed by atoms with Crippen molar-refractivity contribution in [2.75, 3.05) is 36.5 Å². The Morgan fingerprint density at radius 2 is 1.57 bits per heavy atom. The standard InChI is InChI=1S/C22H25N5O3/c23-19-13-20(24)22(26-16-3-7-18(30)8-4-16)14-21(19)25-15-1-5-17(6-2-15)27(9-11-28)10-12-29/h1-8,13-14,24,26,28-30H,9-12,23H2/b24-20?,25-21-. The van der Waals surface area contributed by atoms with E-state index in [-0.39, 0.29) is 24.7 Å². The maximum absolute atomic E-state index is 9.41. The van der Waals surface area contributed by atoms with Crippen LogP contribution in [0.4, 0.5) is 17.1 Å². The molecule has 0 saturated heterocycles. The van der Waals surface area contributed by atoms with Gasteiger partial charge >= 0.3 is 0 Å². The summed E-state index contributed by atoms with van der Waals surface area (Å²) in [6.45, 7) is 0.861. The molecule has 0 radical (unpaired) electrons. The van der Waals surface area contributed by atoms with Crippen LogP contribution in [0.1, 0.15) is 0 Å². The minimum absolute atomic E-state index is 0.00105. The van der Waals surface area contributed by atoms with Crippen molar-refractivity contribution in [1.82, 2.24) is 0 Å². The van der Waals surface area contributed by atoms with Crippen LogP contribution in [0.3, 0.4) is 0 Å². The molecule has 0 bridgehead atoms. The molecule has 8 nitrogen and oxygen atoms in total. The number of anilines is 2. The molecule has 156 valence electrons. The molecule has 1 aliphatic carbocycles. The Morgan fingerprint density at radius 3 is 2.17 bits per heavy atom. The SMILES string of the molecule is N=C1C=C(N)/C(=N\c2ccc(N(CCO)CCO)cc2)C=C1Nc1ccc(O)cc1. The molecule has 1 aliphatic rings. The summed E-state index contributed by atoms with van der Waals surface area (Å²) in [7, 11) is 0. The number of rotatable bonds is 8. The first-order valence-corrected chi connectivity index (χ1v) is 9.50. The van der Waals surface area contributed by atoms with E-state index in [0.29, 0.717) is 35.9 Å². The molecule has 3 rings (SSSR count). The van der Waals surface area contributed by atoms with E-state index in [0.717, 1.165) is 11.4 Å². The van der Waals surface area contributed by atoms with Gasteiger partial charge in [0.15, 0.2) is 0 Å². The van der Waals surface area contributed by atoms with Gasteiger partial charge in [0.1, 0.15) is 5.75 Å². The van der Waals surface area contributed by atoms with E-state index in [1.54, 1.807) is 36.4 Å². The van der Waals surface area contributed by atoms with Crippen molar-refractivity contribution in [3.05, 3.63) is 72.1 Å². The van der Waals surface area contributed by atoms with Gasteiger partial charge in [-0.1, -0.05) is 0 Å². The number of nitrogens with two attached hydrogens (primary N) is 1. The van der Waals surface area contributed by atoms with Crippen molar-refractivity contribution in [2.45, 2.75) is 0 Å². The highest BCUT2D eigenvalue weighted by Gasteiger charge is 2.15. The van der Waals surface area contributed by atoms with Crippen LogP contribution in [-0.2, 0) is 0 Å². The average Bonchev–Trinajstić information content (AvgIpc) is 2.73. The summed E-state index contributed by atoms with van der Waals surface area (Å²) < 4.78 is 0. The zero-order valence-electron chi connectivity index (χ0n) is 16.4. The van der Waals surface area contributed by atoms with Crippen molar-refractivity contribution in [3.63, 3.8) is 0 Å². The van der Waals surface area contributed by atoms with E-state index < -0.39 is 0 Å². The predicted octanol–water partition coefficient (Wildman–Crippen LogP) is 2.13. The van der Waals surface area contributed by atoms with Crippen LogP contribution >= 0.6 is 0 Å². The molecule has 8 heteroatoms. The molecule has 0 aliphatic heterocycles. The molecule has 0 aromatic heterocycles. The maximum Gasteiger partial charge on any atom is 0.115 e. The van der Waals surface area contributed by atoms with E-state index in [2.05, 4.69) is 10.3 Å². The summed E-state index contributed by atoms with van der Waals surface area (Å²) in [5, 5.41) is 39.1. The Hall–Kier alpha value is -3.62. The van der Waals surface area contributed by atoms with E-state index in [1.165, 1.54) is 0 Å². The fraction of sp³-hybridized carbons (Fsp3) is 0.182. The van der Waals surface area contributed by atoms with Gasteiger partial charge in [-0.3, -0.25) is 5.41 Å². The fourth-order valence-electron chi connectivity index (χ4n) is 2.99. The number of phenols is 1. The monoisotopic (exact) mass is 407 g/mol. The normalized spacial score (nSPS) is 15.0. The fourth-order valence-corrected chi connectivity index (χ4v) is 2.99. The Labute approximate surface area is 174 Å². The Balaban J connectivity index is 1.82. The van der Waals surface area contributed by atoms with Crippen molar-refractivity contribution >= 4 is 28.5 Å². The second kappa shape index (κ2) is 9.73. The first kappa shape index (κ1) is 21.1. The molecule has 2 aromatic rings. The van der Waals surface area contributed by atoms with E-state index in [9.17, 15) is 15.3 Å². The zero-order valence-corrected chi connectivity index (χ0v) is 16.4. The maximum atomic E-state index is 9.41. The number of aliphatic hydroxyl groups excluding tert-OH is 2. The number of hydrogen-bond donors (Lipinski definition) is 6. The Kier molecular flexibility index (Phi) is 6.84. The number of aliphatic hydroxyl groups is 2. The van der Waals surface area contributed by atoms with Crippen LogP contribution in [-0.4, -0.2) is 53.0 Å². The molecular formula is C22H25N5O3. The third-order valence-corrected chi connectivity index (χ3v) is 4.52. The number of nitrogens with zero attached hydrogens (tertiary/aromatic N) is 2. The number of benzene rings is 2. The highest BCUT2D eigenvalue weighted by atomic mass is 16.3. The molecule has 0 heterocycles. The summed E-state index contributed by atoms with van der Waals surface area (Å²) in [5.41, 5.74) is 10.1. The predicted molar refractivity (Wildman–Crippen MR) is 120 cm³/mol. The van der Waals surface area contributed by atoms with Crippen molar-refractivity contribution < 1.29 is 15.3 Å². The lowest BCUT2D eigenvalue weighted by atomic mass is 10.0. The molecule has 30 heavy (non-hydrogen) atoms. The van der Waals surface area contributed by atoms with Gasteiger partial charge in [0, 0.05) is 24.5 Å². The third-order valence-electron chi connectivity index (χ3n) is 4.52. The van der Waals surface area contributed by atoms with Crippen molar-refractivity contribution in [3.8, 4) is 5.75 Å². The zero-order chi connectivity index (χ0) is 21.5. The van der Waals surface area contributed by atoms with Gasteiger partial charge in [0.2, 0.25) is 0 Å². The first-order chi connectivity index (χ1) is 14.5. The van der Waals surface area contributed by atoms with Gasteiger partial charge < -0.3 is 31.3 Å². The van der Waals surface area contributed by atoms with Crippen LogP contribution < -0.4 is 16.0 Å². The van der Waals surface area contributed by atoms with Gasteiger partial charge in [-0.05, 0) is 60.7 Å². The molecular weight excluding hydrogens is 382 g/mol. The van der Waals surface area contributed by atoms with E-state index in [1.807, 2.05) is 29.2 Å². The van der Waals surface area contributed by atoms with Crippen molar-refractivity contribution in [1.29, 1.82) is 5.41 Å². The van der Waals surface area contributed by atoms with E-state index in [4.69, 9.17) is 11.1 Å². The van der Waals surface area contributed by atoms with Crippen LogP contribution in [0.25, 0.3) is 0 Å². The summed E-state index contributed by atoms with van der Waals surface area (Å²) in [5.74, 6) is 0.166. The second-order valence-corrected chi connectivity index (χ2v) is 6.69. The summed E-state index contributed by atoms with van der Waals surface area (Å²) >= 11 is 0. The highest BCUT2D eigenvalue weighted by Crippen LogP contribution is 2.23. The van der Waals surface area contributed by atoms with Gasteiger partial charge in [0.05, 0.1) is 41.7 Å². The number of hydrogen-bond acceptors (Lipinski definition) is 8. The number of nitrogens with one attached hydrogen (secondary N) is 2. The number of aromatic hydroxyl groups is 1. The largest absolute Gasteiger partial charge is 0.508 e. The molecule has 0 amide bonds. The molecule has 0 unspecified atom stereocenters. The Morgan fingerprint density at radius 1 is 0.933 bits per heavy atom. The number of phenolic OH excluding ortho intramolecular Hbond substituents is 1. The topological polar surface area (TPSA) is 138 Å². The van der Waals surface area contributed by atoms with Gasteiger partial charge in [-0.2, -0.15) is 0 Å². The third kappa shape index (κ3) is 5.25. The van der Waals surface area contributed by atoms with Crippen LogP contribution in [0.15, 0.2) is 77.1 Å². The molecule has 0 atom stereocenters. The number of allylic oxidation sites excluding steroid dienone is 2. The summed E-state index contributed by atoms with van der Waals surface area (Å²) in [6, 6.07) is 14.0. The van der Waals surface area contributed by atoms with Crippen molar-refractivity contribution in [2.24, 2.45) is 10.7 Å². The first-order valence-electron chi connectivity index (χ1n) is 9.50. The Bertz CT molecular complexity index is 973. The second-order valence-electron chi connectivity index (χ2n) is 6.69. The van der Waals surface area contributed by atoms with E-state index >= 15 is 0 Å². The lowest BCUT2D eigenvalue weighted by Gasteiger charge is -2.23. The van der Waals surface area contributed by atoms with Gasteiger partial charge in [-0.15, -0.1) is 0 Å². The van der Waals surface area contributed by atoms with Crippen LogP contribution in [0.2, 0.25) is 0 Å². The van der Waals surface area contributed by atoms with Gasteiger partial charge in [-0.25, -0.2) is 4.99 Å². The van der Waals surface area contributed by atoms with Crippen LogP contribution in [0, 0.1) is 5.41 Å². The smallest absolute Gasteiger partial charge is 0.115 e. The highest BCUT2D eigenvalue weighted by molar-refractivity contribution is 6.23. The molecule has 7 N–H and O–H groups in total. The minimum Gasteiger partial charge on any atom is -0.508 e. The van der Waals surface area contributed by atoms with Gasteiger partial charge in [0.25, 0.3) is 0 Å². The molecule has 0 fully saturated rings. The van der Waals surface area contributed by atoms with Crippen LogP contribution in [0.5, 0.6) is 5.75 Å². The minimum atomic E-state index is -0.00105. The molecule has 0 spiro atoms. The quantitative estimate of drug-likeness (QED) is 0.293.